The molecule has 0 radical (unpaired) electrons. The van der Waals surface area contributed by atoms with Gasteiger partial charge < -0.3 is 15.1 Å². The van der Waals surface area contributed by atoms with Crippen molar-refractivity contribution in [3.05, 3.63) is 65.5 Å². The Morgan fingerprint density at radius 3 is 2.65 bits per heavy atom. The highest BCUT2D eigenvalue weighted by Gasteiger charge is 2.50. The van der Waals surface area contributed by atoms with E-state index < -0.39 is 0 Å². The highest BCUT2D eigenvalue weighted by molar-refractivity contribution is 5.76. The molecule has 7 atom stereocenters. The van der Waals surface area contributed by atoms with Crippen molar-refractivity contribution in [1.82, 2.24) is 31.0 Å². The second-order valence-corrected chi connectivity index (χ2v) is 10.6. The molecule has 3 N–H and O–H groups in total. The summed E-state index contributed by atoms with van der Waals surface area (Å²) in [7, 11) is 0. The lowest BCUT2D eigenvalue weighted by molar-refractivity contribution is 0.0786. The third-order valence-electron chi connectivity index (χ3n) is 8.74. The number of hydrogen-bond donors (Lipinski definition) is 3. The summed E-state index contributed by atoms with van der Waals surface area (Å²) in [6.07, 6.45) is 4.01. The first-order valence-corrected chi connectivity index (χ1v) is 12.9. The van der Waals surface area contributed by atoms with Crippen molar-refractivity contribution in [1.29, 1.82) is 0 Å². The Balaban J connectivity index is 1.22. The quantitative estimate of drug-likeness (QED) is 0.655. The Bertz CT molecular complexity index is 1030. The van der Waals surface area contributed by atoms with Crippen LogP contribution < -0.4 is 16.2 Å². The Morgan fingerprint density at radius 2 is 1.85 bits per heavy atom. The van der Waals surface area contributed by atoms with E-state index in [4.69, 9.17) is 0 Å². The third kappa shape index (κ3) is 3.89. The van der Waals surface area contributed by atoms with Crippen LogP contribution >= 0.6 is 0 Å². The average Bonchev–Trinajstić information content (AvgIpc) is 3.47. The number of pyridine rings is 1. The molecular formula is C27H36N6O. The first kappa shape index (κ1) is 22.0. The smallest absolute Gasteiger partial charge is 0.317 e. The molecule has 1 saturated carbocycles. The molecule has 4 heterocycles. The summed E-state index contributed by atoms with van der Waals surface area (Å²) in [5.41, 5.74) is 10.8. The molecule has 2 amide bonds. The van der Waals surface area contributed by atoms with Crippen molar-refractivity contribution >= 4 is 6.03 Å². The summed E-state index contributed by atoms with van der Waals surface area (Å²) in [6, 6.07) is 16.4. The zero-order chi connectivity index (χ0) is 23.2. The fraction of sp³-hybridized carbons (Fsp3) is 0.556. The van der Waals surface area contributed by atoms with Crippen LogP contribution in [0.4, 0.5) is 4.79 Å². The van der Waals surface area contributed by atoms with E-state index in [-0.39, 0.29) is 24.2 Å². The number of carbonyl (C=O) groups is 1. The SMILES string of the molecule is CCN1C[C@@H](N2CC3CC4C(CC3NC2=O)NNC4c2ccnc(C)c2)[C@H](c2ccccc2)C1. The molecule has 0 bridgehead atoms. The van der Waals surface area contributed by atoms with Gasteiger partial charge in [0.05, 0.1) is 12.1 Å². The topological polar surface area (TPSA) is 72.5 Å². The van der Waals surface area contributed by atoms with Gasteiger partial charge >= 0.3 is 6.03 Å². The van der Waals surface area contributed by atoms with Gasteiger partial charge in [0.1, 0.15) is 0 Å². The number of nitrogens with zero attached hydrogens (tertiary/aromatic N) is 3. The van der Waals surface area contributed by atoms with E-state index in [2.05, 4.69) is 87.3 Å². The monoisotopic (exact) mass is 460 g/mol. The highest BCUT2D eigenvalue weighted by atomic mass is 16.2. The molecule has 1 aromatic carbocycles. The number of urea groups is 1. The van der Waals surface area contributed by atoms with Gasteiger partial charge in [0.25, 0.3) is 0 Å². The maximum absolute atomic E-state index is 13.4. The number of aryl methyl sites for hydroxylation is 1. The number of rotatable bonds is 4. The molecule has 4 aliphatic rings. The summed E-state index contributed by atoms with van der Waals surface area (Å²) in [5, 5.41) is 3.42. The molecule has 2 aromatic rings. The first-order valence-electron chi connectivity index (χ1n) is 12.9. The maximum atomic E-state index is 13.4. The lowest BCUT2D eigenvalue weighted by atomic mass is 9.71. The van der Waals surface area contributed by atoms with E-state index in [0.717, 1.165) is 44.7 Å². The molecule has 1 aromatic heterocycles. The van der Waals surface area contributed by atoms with Crippen molar-refractivity contribution in [3.8, 4) is 0 Å². The van der Waals surface area contributed by atoms with Crippen molar-refractivity contribution in [2.45, 2.75) is 56.8 Å². The van der Waals surface area contributed by atoms with Gasteiger partial charge in [-0.1, -0.05) is 37.3 Å². The second kappa shape index (κ2) is 8.95. The standard InChI is InChI=1S/C27H36N6O/c1-3-32-15-22(18-7-5-4-6-8-18)25(16-32)33-14-20-12-21-24(13-23(20)29-27(33)34)30-31-26(21)19-9-10-28-17(2)11-19/h4-11,20-26,30-31H,3,12-16H2,1-2H3,(H,29,34)/t20?,21?,22-,23?,24?,25+,26?/m0/s1. The second-order valence-electron chi connectivity index (χ2n) is 10.6. The number of aromatic nitrogens is 1. The lowest BCUT2D eigenvalue weighted by Crippen LogP contribution is -2.63. The number of nitrogens with one attached hydrogen (secondary N) is 3. The van der Waals surface area contributed by atoms with Gasteiger partial charge in [-0.05, 0) is 61.4 Å². The highest BCUT2D eigenvalue weighted by Crippen LogP contribution is 2.43. The van der Waals surface area contributed by atoms with Crippen LogP contribution in [0.15, 0.2) is 48.7 Å². The molecule has 180 valence electrons. The minimum absolute atomic E-state index is 0.121. The minimum atomic E-state index is 0.121. The van der Waals surface area contributed by atoms with Crippen LogP contribution in [-0.2, 0) is 0 Å². The van der Waals surface area contributed by atoms with Crippen LogP contribution in [0.2, 0.25) is 0 Å². The maximum Gasteiger partial charge on any atom is 0.317 e. The molecule has 5 unspecified atom stereocenters. The minimum Gasteiger partial charge on any atom is -0.335 e. The van der Waals surface area contributed by atoms with Crippen molar-refractivity contribution < 1.29 is 4.79 Å². The number of benzene rings is 1. The normalized spacial score (nSPS) is 35.6. The van der Waals surface area contributed by atoms with Gasteiger partial charge in [-0.15, -0.1) is 0 Å². The van der Waals surface area contributed by atoms with Gasteiger partial charge in [0.15, 0.2) is 0 Å². The molecule has 3 aliphatic heterocycles. The van der Waals surface area contributed by atoms with E-state index in [0.29, 0.717) is 23.8 Å². The van der Waals surface area contributed by atoms with Crippen LogP contribution in [0.25, 0.3) is 0 Å². The summed E-state index contributed by atoms with van der Waals surface area (Å²) in [6.45, 7) is 8.13. The number of hydrogen-bond acceptors (Lipinski definition) is 5. The van der Waals surface area contributed by atoms with Gasteiger partial charge in [-0.2, -0.15) is 0 Å². The predicted octanol–water partition coefficient (Wildman–Crippen LogP) is 2.82. The van der Waals surface area contributed by atoms with Crippen molar-refractivity contribution in [3.63, 3.8) is 0 Å². The number of carbonyl (C=O) groups excluding carboxylic acids is 1. The molecule has 6 rings (SSSR count). The van der Waals surface area contributed by atoms with Crippen LogP contribution in [0.1, 0.15) is 48.5 Å². The summed E-state index contributed by atoms with van der Waals surface area (Å²) in [4.78, 5) is 22.4. The Labute approximate surface area is 202 Å². The summed E-state index contributed by atoms with van der Waals surface area (Å²) >= 11 is 0. The van der Waals surface area contributed by atoms with Gasteiger partial charge in [0.2, 0.25) is 0 Å². The van der Waals surface area contributed by atoms with Crippen molar-refractivity contribution in [2.24, 2.45) is 11.8 Å². The lowest BCUT2D eigenvalue weighted by Gasteiger charge is -2.48. The number of likely N-dealkylation sites (N-methyl/N-ethyl adjacent to an activating group) is 1. The van der Waals surface area contributed by atoms with E-state index in [9.17, 15) is 4.79 Å². The number of amides is 2. The molecular weight excluding hydrogens is 424 g/mol. The van der Waals surface area contributed by atoms with E-state index in [1.165, 1.54) is 11.1 Å². The predicted molar refractivity (Wildman–Crippen MR) is 132 cm³/mol. The van der Waals surface area contributed by atoms with Crippen LogP contribution in [-0.4, -0.2) is 65.1 Å². The third-order valence-corrected chi connectivity index (χ3v) is 8.74. The van der Waals surface area contributed by atoms with E-state index in [1.807, 2.05) is 6.20 Å². The first-order chi connectivity index (χ1) is 16.6. The molecule has 4 fully saturated rings. The van der Waals surface area contributed by atoms with E-state index >= 15 is 0 Å². The molecule has 7 nitrogen and oxygen atoms in total. The fourth-order valence-electron chi connectivity index (χ4n) is 6.96. The van der Waals surface area contributed by atoms with Gasteiger partial charge in [-0.3, -0.25) is 10.4 Å². The van der Waals surface area contributed by atoms with Crippen LogP contribution in [0, 0.1) is 18.8 Å². The molecule has 7 heteroatoms. The largest absolute Gasteiger partial charge is 0.335 e. The Kier molecular flexibility index (Phi) is 5.79. The summed E-state index contributed by atoms with van der Waals surface area (Å²) < 4.78 is 0. The number of hydrazine groups is 1. The zero-order valence-corrected chi connectivity index (χ0v) is 20.2. The molecule has 34 heavy (non-hydrogen) atoms. The van der Waals surface area contributed by atoms with Crippen molar-refractivity contribution in [2.75, 3.05) is 26.2 Å². The van der Waals surface area contributed by atoms with Gasteiger partial charge in [-0.25, -0.2) is 10.2 Å². The Hall–Kier alpha value is -2.48. The number of fused-ring (bicyclic) bond motifs is 2. The average molecular weight is 461 g/mol. The van der Waals surface area contributed by atoms with Crippen LogP contribution in [0.3, 0.4) is 0 Å². The number of likely N-dealkylation sites (tertiary alicyclic amines) is 1. The molecule has 3 saturated heterocycles. The Morgan fingerprint density at radius 1 is 1.00 bits per heavy atom. The molecule has 0 spiro atoms. The fourth-order valence-corrected chi connectivity index (χ4v) is 6.96. The zero-order valence-electron chi connectivity index (χ0n) is 20.2. The van der Waals surface area contributed by atoms with E-state index in [1.54, 1.807) is 0 Å². The molecule has 1 aliphatic carbocycles. The summed E-state index contributed by atoms with van der Waals surface area (Å²) in [5.74, 6) is 1.35. The van der Waals surface area contributed by atoms with Gasteiger partial charge in [0, 0.05) is 49.5 Å². The van der Waals surface area contributed by atoms with Crippen LogP contribution in [0.5, 0.6) is 0 Å².